The van der Waals surface area contributed by atoms with Gasteiger partial charge in [-0.25, -0.2) is 0 Å². The molecule has 0 saturated heterocycles. The molecule has 0 spiro atoms. The van der Waals surface area contributed by atoms with Crippen molar-refractivity contribution >= 4 is 12.3 Å². The average molecular weight is 486 g/mol. The monoisotopic (exact) mass is 485 g/mol. The predicted molar refractivity (Wildman–Crippen MR) is 146 cm³/mol. The van der Waals surface area contributed by atoms with Crippen LogP contribution in [0.5, 0.6) is 0 Å². The van der Waals surface area contributed by atoms with Crippen LogP contribution in [0, 0.1) is 6.92 Å². The number of allylic oxidation sites excluding steroid dienone is 1. The summed E-state index contributed by atoms with van der Waals surface area (Å²) in [5, 5.41) is 11.2. The standard InChI is InChI=1S/C15H24.C13H19N3O.CH2O2.H2/c1-11-8-12(14(2,3)4)10-13(9-11)15(5,6)7;1-4-10(17)9-16-13-7-5-6-12(15(2)3)11(13)8-14-16;2-1-3;/h8-10H,1-7H3;4,8,12H,1,5-7,9H2,2-3H3;1H,(H,2,3);1H/t;12-;;/m.1../s1. The quantitative estimate of drug-likeness (QED) is 0.417. The summed E-state index contributed by atoms with van der Waals surface area (Å²) in [5.41, 5.74) is 7.22. The Morgan fingerprint density at radius 2 is 1.69 bits per heavy atom. The van der Waals surface area contributed by atoms with E-state index < -0.39 is 0 Å². The van der Waals surface area contributed by atoms with Gasteiger partial charge in [0.15, 0.2) is 5.78 Å². The molecule has 0 fully saturated rings. The van der Waals surface area contributed by atoms with Crippen LogP contribution in [-0.4, -0.2) is 46.1 Å². The second kappa shape index (κ2) is 12.8. The van der Waals surface area contributed by atoms with Crippen LogP contribution in [0.15, 0.2) is 37.1 Å². The fourth-order valence-corrected chi connectivity index (χ4v) is 4.13. The zero-order chi connectivity index (χ0) is 27.0. The van der Waals surface area contributed by atoms with Crippen molar-refractivity contribution in [1.29, 1.82) is 0 Å². The van der Waals surface area contributed by atoms with Crippen molar-refractivity contribution in [2.45, 2.75) is 91.1 Å². The lowest BCUT2D eigenvalue weighted by Gasteiger charge is -2.28. The van der Waals surface area contributed by atoms with E-state index in [-0.39, 0.29) is 24.5 Å². The van der Waals surface area contributed by atoms with Gasteiger partial charge >= 0.3 is 0 Å². The van der Waals surface area contributed by atoms with Gasteiger partial charge in [-0.2, -0.15) is 5.10 Å². The third kappa shape index (κ3) is 9.10. The van der Waals surface area contributed by atoms with Crippen LogP contribution in [-0.2, 0) is 33.4 Å². The van der Waals surface area contributed by atoms with Gasteiger partial charge < -0.3 is 10.0 Å². The lowest BCUT2D eigenvalue weighted by molar-refractivity contribution is -0.123. The summed E-state index contributed by atoms with van der Waals surface area (Å²) >= 11 is 0. The molecule has 1 atom stereocenters. The van der Waals surface area contributed by atoms with Crippen molar-refractivity contribution in [1.82, 2.24) is 14.7 Å². The van der Waals surface area contributed by atoms with Crippen molar-refractivity contribution in [3.05, 3.63) is 65.0 Å². The first-order valence-corrected chi connectivity index (χ1v) is 12.2. The first-order valence-electron chi connectivity index (χ1n) is 12.2. The van der Waals surface area contributed by atoms with Gasteiger partial charge in [-0.3, -0.25) is 14.3 Å². The Balaban J connectivity index is 0.000000603. The number of carboxylic acid groups (broad SMARTS) is 1. The normalized spacial score (nSPS) is 15.2. The average Bonchev–Trinajstić information content (AvgIpc) is 3.15. The van der Waals surface area contributed by atoms with E-state index in [0.29, 0.717) is 12.6 Å². The number of fused-ring (bicyclic) bond motifs is 1. The number of hydrogen-bond donors (Lipinski definition) is 1. The number of carbonyl (C=O) groups is 2. The molecule has 1 aliphatic rings. The van der Waals surface area contributed by atoms with Crippen LogP contribution < -0.4 is 0 Å². The van der Waals surface area contributed by atoms with Gasteiger partial charge in [0.25, 0.3) is 6.47 Å². The summed E-state index contributed by atoms with van der Waals surface area (Å²) in [6.07, 6.45) is 6.62. The SMILES string of the molecule is C=CC(=O)Cn1ncc2c1CCC[C@H]2N(C)C.Cc1cc(C(C)(C)C)cc(C(C)(C)C)c1.O=CO.[HH]. The lowest BCUT2D eigenvalue weighted by Crippen LogP contribution is -2.24. The maximum atomic E-state index is 11.4. The van der Waals surface area contributed by atoms with Crippen LogP contribution in [0.1, 0.15) is 89.8 Å². The van der Waals surface area contributed by atoms with E-state index >= 15 is 0 Å². The Morgan fingerprint density at radius 1 is 1.17 bits per heavy atom. The van der Waals surface area contributed by atoms with Crippen LogP contribution in [0.3, 0.4) is 0 Å². The minimum atomic E-state index is -0.250. The molecule has 0 unspecified atom stereocenters. The van der Waals surface area contributed by atoms with Gasteiger partial charge in [-0.05, 0) is 68.3 Å². The molecule has 2 aromatic rings. The van der Waals surface area contributed by atoms with Crippen molar-refractivity contribution in [2.24, 2.45) is 0 Å². The van der Waals surface area contributed by atoms with Crippen molar-refractivity contribution < 1.29 is 16.1 Å². The summed E-state index contributed by atoms with van der Waals surface area (Å²) in [7, 11) is 4.18. The maximum Gasteiger partial charge on any atom is 0.290 e. The van der Waals surface area contributed by atoms with Crippen LogP contribution in [0.25, 0.3) is 0 Å². The molecule has 0 aliphatic heterocycles. The summed E-state index contributed by atoms with van der Waals surface area (Å²) in [4.78, 5) is 22.0. The molecule has 35 heavy (non-hydrogen) atoms. The molecule has 1 aliphatic carbocycles. The first kappa shape index (κ1) is 30.3. The predicted octanol–water partition coefficient (Wildman–Crippen LogP) is 6.11. The minimum Gasteiger partial charge on any atom is -0.483 e. The molecule has 0 amide bonds. The lowest BCUT2D eigenvalue weighted by atomic mass is 9.80. The van der Waals surface area contributed by atoms with Gasteiger partial charge in [0, 0.05) is 18.7 Å². The third-order valence-electron chi connectivity index (χ3n) is 6.20. The number of nitrogens with zero attached hydrogens (tertiary/aromatic N) is 3. The van der Waals surface area contributed by atoms with Crippen LogP contribution in [0.4, 0.5) is 0 Å². The number of carbonyl (C=O) groups excluding carboxylic acids is 1. The van der Waals surface area contributed by atoms with Gasteiger partial charge in [0.1, 0.15) is 6.54 Å². The maximum absolute atomic E-state index is 11.4. The Kier molecular flexibility index (Phi) is 11.1. The van der Waals surface area contributed by atoms with E-state index in [1.54, 1.807) is 0 Å². The number of rotatable bonds is 4. The highest BCUT2D eigenvalue weighted by Crippen LogP contribution is 2.33. The zero-order valence-electron chi connectivity index (χ0n) is 23.2. The molecule has 1 N–H and O–H groups in total. The largest absolute Gasteiger partial charge is 0.483 e. The molecule has 1 heterocycles. The number of benzene rings is 1. The highest BCUT2D eigenvalue weighted by atomic mass is 16.3. The fourth-order valence-electron chi connectivity index (χ4n) is 4.13. The van der Waals surface area contributed by atoms with Crippen LogP contribution in [0.2, 0.25) is 0 Å². The van der Waals surface area contributed by atoms with Gasteiger partial charge in [-0.15, -0.1) is 0 Å². The Hall–Kier alpha value is -2.73. The van der Waals surface area contributed by atoms with Gasteiger partial charge in [0.2, 0.25) is 0 Å². The molecule has 0 radical (unpaired) electrons. The summed E-state index contributed by atoms with van der Waals surface area (Å²) in [6, 6.07) is 7.39. The van der Waals surface area contributed by atoms with E-state index in [2.05, 4.69) is 97.3 Å². The van der Waals surface area contributed by atoms with E-state index in [1.807, 2.05) is 10.9 Å². The Morgan fingerprint density at radius 3 is 2.11 bits per heavy atom. The van der Waals surface area contributed by atoms with Crippen molar-refractivity contribution in [3.8, 4) is 0 Å². The van der Waals surface area contributed by atoms with E-state index in [4.69, 9.17) is 9.90 Å². The first-order chi connectivity index (χ1) is 16.1. The molecule has 1 aromatic carbocycles. The topological polar surface area (TPSA) is 75.4 Å². The Bertz CT molecular complexity index is 966. The second-order valence-electron chi connectivity index (χ2n) is 11.4. The minimum absolute atomic E-state index is 0. The van der Waals surface area contributed by atoms with E-state index in [9.17, 15) is 4.79 Å². The second-order valence-corrected chi connectivity index (χ2v) is 11.4. The highest BCUT2D eigenvalue weighted by molar-refractivity contribution is 5.88. The molecule has 196 valence electrons. The van der Waals surface area contributed by atoms with Gasteiger partial charge in [-0.1, -0.05) is 71.9 Å². The zero-order valence-corrected chi connectivity index (χ0v) is 23.2. The van der Waals surface area contributed by atoms with Gasteiger partial charge in [0.05, 0.1) is 6.20 Å². The van der Waals surface area contributed by atoms with E-state index in [0.717, 1.165) is 12.8 Å². The summed E-state index contributed by atoms with van der Waals surface area (Å²) in [6.45, 7) is 19.4. The number of aromatic nitrogens is 2. The molecule has 0 bridgehead atoms. The molecule has 6 nitrogen and oxygen atoms in total. The summed E-state index contributed by atoms with van der Waals surface area (Å²) < 4.78 is 1.83. The van der Waals surface area contributed by atoms with Crippen molar-refractivity contribution in [3.63, 3.8) is 0 Å². The fraction of sp³-hybridized carbons (Fsp3) is 0.552. The number of ketones is 1. The molecule has 1 aromatic heterocycles. The molecular weight excluding hydrogens is 438 g/mol. The number of hydrogen-bond acceptors (Lipinski definition) is 4. The molecule has 6 heteroatoms. The highest BCUT2D eigenvalue weighted by Gasteiger charge is 2.25. The van der Waals surface area contributed by atoms with Crippen LogP contribution >= 0.6 is 0 Å². The summed E-state index contributed by atoms with van der Waals surface area (Å²) in [5.74, 6) is 0.0166. The molecule has 0 saturated carbocycles. The third-order valence-corrected chi connectivity index (χ3v) is 6.20. The molecule has 3 rings (SSSR count). The molecular formula is C29H47N3O3. The van der Waals surface area contributed by atoms with E-state index in [1.165, 1.54) is 40.4 Å². The van der Waals surface area contributed by atoms with Crippen molar-refractivity contribution in [2.75, 3.05) is 14.1 Å². The number of aryl methyl sites for hydroxylation is 1. The smallest absolute Gasteiger partial charge is 0.290 e. The Labute approximate surface area is 213 Å².